The highest BCUT2D eigenvalue weighted by Gasteiger charge is 2.36. The first kappa shape index (κ1) is 35.7. The fourth-order valence-electron chi connectivity index (χ4n) is 6.99. The van der Waals surface area contributed by atoms with Gasteiger partial charge in [-0.25, -0.2) is 9.78 Å². The van der Waals surface area contributed by atoms with Crippen molar-refractivity contribution in [3.8, 4) is 0 Å². The van der Waals surface area contributed by atoms with E-state index < -0.39 is 48.7 Å². The van der Waals surface area contributed by atoms with Crippen LogP contribution >= 0.6 is 0 Å². The number of carbonyl (C=O) groups excluding carboxylic acids is 2. The normalized spacial score (nSPS) is 16.3. The molecule has 8 bridgehead atoms. The number of carboxylic acid groups (broad SMARTS) is 2. The average Bonchev–Trinajstić information content (AvgIpc) is 3.74. The van der Waals surface area contributed by atoms with Gasteiger partial charge >= 0.3 is 11.9 Å². The summed E-state index contributed by atoms with van der Waals surface area (Å²) in [6, 6.07) is 4.31. The molecule has 0 saturated carbocycles. The molecule has 2 aliphatic rings. The maximum absolute atomic E-state index is 13.5. The Balaban J connectivity index is 1.98. The molecule has 2 amide bonds. The highest BCUT2D eigenvalue weighted by atomic mass is 16.4. The molecule has 3 aromatic rings. The molecule has 1 unspecified atom stereocenters. The Morgan fingerprint density at radius 1 is 1.00 bits per heavy atom. The van der Waals surface area contributed by atoms with Gasteiger partial charge in [-0.15, -0.1) is 0 Å². The standard InChI is InChI=1S/C37H42N6O7/c1-7-20-16(3)24-12-26-18(5)22(9-10-32(46)47)34(42-26)23(11-31(45)41-30(15-44)36(38)48)35-33(37(49)50)19(6)27(43-35)14-29-21(8-2)17(4)25(40-29)13-28(20)39-24/h7,12-14,18,22,30,39-40,44H,1,8-11,15H2,2-6H3,(H2,38,48)(H,41,45)(H,46,47)(H,49,50)/t18-,22-,30?/m0/s1. The van der Waals surface area contributed by atoms with Crippen molar-refractivity contribution in [2.75, 3.05) is 6.61 Å². The molecule has 2 aliphatic heterocycles. The van der Waals surface area contributed by atoms with Gasteiger partial charge in [-0.1, -0.05) is 26.5 Å². The first-order valence-electron chi connectivity index (χ1n) is 16.4. The second-order valence-corrected chi connectivity index (χ2v) is 12.8. The Bertz CT molecular complexity index is 2140. The number of aliphatic hydroxyl groups excluding tert-OH is 1. The number of nitrogens with two attached hydrogens (primary N) is 1. The number of hydrogen-bond acceptors (Lipinski definition) is 7. The molecule has 0 aliphatic carbocycles. The monoisotopic (exact) mass is 682 g/mol. The summed E-state index contributed by atoms with van der Waals surface area (Å²) in [5.41, 5.74) is 14.1. The second kappa shape index (κ2) is 14.1. The smallest absolute Gasteiger partial charge is 0.338 e. The van der Waals surface area contributed by atoms with Crippen LogP contribution in [-0.4, -0.2) is 71.7 Å². The van der Waals surface area contributed by atoms with Gasteiger partial charge in [0.25, 0.3) is 0 Å². The Labute approximate surface area is 288 Å². The number of H-pyrrole nitrogens is 2. The molecule has 3 atom stereocenters. The van der Waals surface area contributed by atoms with Crippen LogP contribution in [-0.2, 0) is 32.0 Å². The van der Waals surface area contributed by atoms with Crippen molar-refractivity contribution in [1.29, 1.82) is 0 Å². The molecule has 262 valence electrons. The maximum atomic E-state index is 13.5. The van der Waals surface area contributed by atoms with Crippen molar-refractivity contribution >= 4 is 63.0 Å². The molecule has 8 N–H and O–H groups in total. The summed E-state index contributed by atoms with van der Waals surface area (Å²) in [4.78, 5) is 67.0. The van der Waals surface area contributed by atoms with Crippen molar-refractivity contribution in [1.82, 2.24) is 25.3 Å². The van der Waals surface area contributed by atoms with Crippen LogP contribution in [0.1, 0.15) is 96.0 Å². The summed E-state index contributed by atoms with van der Waals surface area (Å²) in [6.45, 7) is 12.9. The van der Waals surface area contributed by atoms with Crippen molar-refractivity contribution < 1.29 is 34.5 Å². The Kier molecular flexibility index (Phi) is 10.1. The lowest BCUT2D eigenvalue weighted by molar-refractivity contribution is -0.137. The van der Waals surface area contributed by atoms with E-state index in [0.29, 0.717) is 29.1 Å². The molecular weight excluding hydrogens is 640 g/mol. The molecule has 13 heteroatoms. The highest BCUT2D eigenvalue weighted by molar-refractivity contribution is 6.24. The largest absolute Gasteiger partial charge is 0.481 e. The Morgan fingerprint density at radius 3 is 2.28 bits per heavy atom. The van der Waals surface area contributed by atoms with E-state index in [9.17, 15) is 34.5 Å². The minimum Gasteiger partial charge on any atom is -0.481 e. The molecule has 0 spiro atoms. The van der Waals surface area contributed by atoms with Crippen molar-refractivity contribution in [3.05, 3.63) is 75.4 Å². The number of aromatic nitrogens is 4. The van der Waals surface area contributed by atoms with Crippen LogP contribution in [0.2, 0.25) is 0 Å². The lowest BCUT2D eigenvalue weighted by Crippen LogP contribution is -2.47. The first-order valence-corrected chi connectivity index (χ1v) is 16.4. The highest BCUT2D eigenvalue weighted by Crippen LogP contribution is 2.43. The van der Waals surface area contributed by atoms with Crippen LogP contribution in [0, 0.1) is 13.8 Å². The summed E-state index contributed by atoms with van der Waals surface area (Å²) < 4.78 is 0. The summed E-state index contributed by atoms with van der Waals surface area (Å²) in [5.74, 6) is -4.84. The zero-order chi connectivity index (χ0) is 36.6. The molecule has 5 rings (SSSR count). The van der Waals surface area contributed by atoms with Crippen molar-refractivity contribution in [2.45, 2.75) is 78.2 Å². The second-order valence-electron chi connectivity index (χ2n) is 12.8. The van der Waals surface area contributed by atoms with E-state index in [1.807, 2.05) is 39.8 Å². The van der Waals surface area contributed by atoms with Crippen LogP contribution in [0.25, 0.3) is 39.3 Å². The van der Waals surface area contributed by atoms with Crippen LogP contribution in [0.3, 0.4) is 0 Å². The number of allylic oxidation sites excluding steroid dienone is 1. The van der Waals surface area contributed by atoms with Gasteiger partial charge in [-0.2, -0.15) is 0 Å². The molecule has 0 fully saturated rings. The molecule has 13 nitrogen and oxygen atoms in total. The number of fused-ring (bicyclic) bond motifs is 8. The molecule has 0 aromatic carbocycles. The van der Waals surface area contributed by atoms with Crippen molar-refractivity contribution in [3.63, 3.8) is 0 Å². The number of nitrogens with zero attached hydrogens (tertiary/aromatic N) is 2. The van der Waals surface area contributed by atoms with Crippen LogP contribution in [0.15, 0.2) is 24.8 Å². The zero-order valence-electron chi connectivity index (χ0n) is 28.7. The summed E-state index contributed by atoms with van der Waals surface area (Å²) in [6.07, 6.45) is 1.92. The van der Waals surface area contributed by atoms with Gasteiger partial charge in [0, 0.05) is 57.1 Å². The van der Waals surface area contributed by atoms with E-state index in [1.54, 1.807) is 19.1 Å². The quantitative estimate of drug-likeness (QED) is 0.152. The van der Waals surface area contributed by atoms with Gasteiger partial charge in [-0.05, 0) is 74.1 Å². The number of rotatable bonds is 11. The number of carboxylic acids is 2. The number of amides is 2. The van der Waals surface area contributed by atoms with E-state index in [-0.39, 0.29) is 35.6 Å². The SMILES string of the molecule is C=Cc1c(C)c2cc3nc(c(CC(=O)NC(CO)C(N)=O)c4nc(cc5[nH]c(cc1[nH]2)c(C)c5CC)C(C)=C4C(=O)O)[C@@H](CCC(=O)O)[C@@H]3C. The molecule has 5 heterocycles. The van der Waals surface area contributed by atoms with Crippen LogP contribution in [0.4, 0.5) is 0 Å². The Morgan fingerprint density at radius 2 is 1.68 bits per heavy atom. The van der Waals surface area contributed by atoms with E-state index in [1.165, 1.54) is 0 Å². The number of hydrogen-bond donors (Lipinski definition) is 7. The van der Waals surface area contributed by atoms with E-state index >= 15 is 0 Å². The number of aliphatic hydroxyl groups is 1. The van der Waals surface area contributed by atoms with Gasteiger partial charge in [0.05, 0.1) is 35.7 Å². The number of aromatic amines is 2. The van der Waals surface area contributed by atoms with Crippen LogP contribution < -0.4 is 11.1 Å². The van der Waals surface area contributed by atoms with E-state index in [0.717, 1.165) is 44.3 Å². The number of primary amides is 1. The van der Waals surface area contributed by atoms with E-state index in [4.69, 9.17) is 15.7 Å². The molecule has 0 saturated heterocycles. The lowest BCUT2D eigenvalue weighted by Gasteiger charge is -2.19. The summed E-state index contributed by atoms with van der Waals surface area (Å²) in [7, 11) is 0. The third-order valence-corrected chi connectivity index (χ3v) is 9.81. The topological polar surface area (TPSA) is 224 Å². The van der Waals surface area contributed by atoms with Crippen LogP contribution in [0.5, 0.6) is 0 Å². The average molecular weight is 683 g/mol. The minimum absolute atomic E-state index is 0.0102. The first-order chi connectivity index (χ1) is 23.7. The molecule has 3 aromatic heterocycles. The van der Waals surface area contributed by atoms with Gasteiger partial charge in [0.1, 0.15) is 6.04 Å². The zero-order valence-corrected chi connectivity index (χ0v) is 28.7. The molecule has 50 heavy (non-hydrogen) atoms. The minimum atomic E-state index is -1.38. The lowest BCUT2D eigenvalue weighted by atomic mass is 9.84. The van der Waals surface area contributed by atoms with Gasteiger partial charge in [0.15, 0.2) is 0 Å². The fraction of sp³-hybridized carbons (Fsp3) is 0.351. The van der Waals surface area contributed by atoms with Gasteiger partial charge in [0.2, 0.25) is 11.8 Å². The molecule has 0 radical (unpaired) electrons. The predicted molar refractivity (Wildman–Crippen MR) is 190 cm³/mol. The van der Waals surface area contributed by atoms with Gasteiger partial charge < -0.3 is 36.3 Å². The number of carbonyl (C=O) groups is 4. The molecular formula is C37H42N6O7. The Hall–Kier alpha value is -5.56. The predicted octanol–water partition coefficient (Wildman–Crippen LogP) is 4.41. The number of aryl methyl sites for hydroxylation is 3. The maximum Gasteiger partial charge on any atom is 0.338 e. The summed E-state index contributed by atoms with van der Waals surface area (Å²) in [5, 5.41) is 32.3. The van der Waals surface area contributed by atoms with Crippen molar-refractivity contribution in [2.24, 2.45) is 5.73 Å². The fourth-order valence-corrected chi connectivity index (χ4v) is 6.99. The van der Waals surface area contributed by atoms with Gasteiger partial charge in [-0.3, -0.25) is 19.4 Å². The number of nitrogens with one attached hydrogen (secondary N) is 3. The third kappa shape index (κ3) is 6.56. The third-order valence-electron chi connectivity index (χ3n) is 9.81. The van der Waals surface area contributed by atoms with E-state index in [2.05, 4.69) is 21.9 Å². The number of aliphatic carboxylic acids is 2. The summed E-state index contributed by atoms with van der Waals surface area (Å²) >= 11 is 0.